The van der Waals surface area contributed by atoms with E-state index < -0.39 is 0 Å². The fourth-order valence-corrected chi connectivity index (χ4v) is 3.88. The van der Waals surface area contributed by atoms with E-state index in [-0.39, 0.29) is 24.4 Å². The summed E-state index contributed by atoms with van der Waals surface area (Å²) in [6.45, 7) is 6.27. The Morgan fingerprint density at radius 2 is 1.97 bits per heavy atom. The second kappa shape index (κ2) is 9.20. The number of pyridine rings is 1. The zero-order valence-corrected chi connectivity index (χ0v) is 17.5. The molecule has 1 saturated heterocycles. The molecule has 1 amide bonds. The lowest BCUT2D eigenvalue weighted by Crippen LogP contribution is -2.49. The standard InChI is InChI=1S/C22H25N5O.ClH/c1-16-20(17(2)27(25-16)19-8-4-3-5-9-19)13-22(28)26-12-11-24-15-21(26)18-7-6-10-23-14-18;/h3-10,14,21,24H,11-13,15H2,1-2H3;1H. The summed E-state index contributed by atoms with van der Waals surface area (Å²) in [6, 6.07) is 14.0. The van der Waals surface area contributed by atoms with Gasteiger partial charge in [0.15, 0.2) is 0 Å². The van der Waals surface area contributed by atoms with E-state index in [1.54, 1.807) is 6.20 Å². The molecule has 1 unspecified atom stereocenters. The summed E-state index contributed by atoms with van der Waals surface area (Å²) in [7, 11) is 0. The second-order valence-electron chi connectivity index (χ2n) is 7.17. The van der Waals surface area contributed by atoms with E-state index in [4.69, 9.17) is 0 Å². The average molecular weight is 412 g/mol. The third kappa shape index (κ3) is 4.33. The fourth-order valence-electron chi connectivity index (χ4n) is 3.88. The molecule has 0 aliphatic carbocycles. The number of amides is 1. The topological polar surface area (TPSA) is 63.1 Å². The van der Waals surface area contributed by atoms with E-state index in [1.807, 2.05) is 72.1 Å². The van der Waals surface area contributed by atoms with Crippen LogP contribution >= 0.6 is 12.4 Å². The Morgan fingerprint density at radius 3 is 2.69 bits per heavy atom. The predicted molar refractivity (Wildman–Crippen MR) is 116 cm³/mol. The van der Waals surface area contributed by atoms with E-state index in [0.29, 0.717) is 13.0 Å². The van der Waals surface area contributed by atoms with E-state index in [2.05, 4.69) is 15.4 Å². The van der Waals surface area contributed by atoms with E-state index in [1.165, 1.54) is 0 Å². The molecule has 0 radical (unpaired) electrons. The molecule has 7 heteroatoms. The molecule has 1 aliphatic rings. The minimum atomic E-state index is 0. The maximum absolute atomic E-state index is 13.2. The van der Waals surface area contributed by atoms with Gasteiger partial charge < -0.3 is 10.2 Å². The molecule has 6 nitrogen and oxygen atoms in total. The van der Waals surface area contributed by atoms with Crippen LogP contribution in [0.5, 0.6) is 0 Å². The Bertz CT molecular complexity index is 958. The highest BCUT2D eigenvalue weighted by atomic mass is 35.5. The zero-order valence-electron chi connectivity index (χ0n) is 16.7. The van der Waals surface area contributed by atoms with E-state index >= 15 is 0 Å². The number of benzene rings is 1. The maximum Gasteiger partial charge on any atom is 0.227 e. The molecule has 3 aromatic rings. The van der Waals surface area contributed by atoms with Gasteiger partial charge in [-0.15, -0.1) is 12.4 Å². The van der Waals surface area contributed by atoms with E-state index in [9.17, 15) is 4.79 Å². The fraction of sp³-hybridized carbons (Fsp3) is 0.318. The maximum atomic E-state index is 13.2. The number of rotatable bonds is 4. The van der Waals surface area contributed by atoms with Crippen LogP contribution in [0.15, 0.2) is 54.9 Å². The summed E-state index contributed by atoms with van der Waals surface area (Å²) >= 11 is 0. The summed E-state index contributed by atoms with van der Waals surface area (Å²) < 4.78 is 1.92. The average Bonchev–Trinajstić information content (AvgIpc) is 3.03. The summed E-state index contributed by atoms with van der Waals surface area (Å²) in [5.74, 6) is 0.133. The minimum absolute atomic E-state index is 0. The molecule has 1 fully saturated rings. The molecule has 2 aromatic heterocycles. The molecule has 29 heavy (non-hydrogen) atoms. The Kier molecular flexibility index (Phi) is 6.67. The van der Waals surface area contributed by atoms with Crippen molar-refractivity contribution in [1.82, 2.24) is 25.0 Å². The van der Waals surface area contributed by atoms with Crippen molar-refractivity contribution in [2.75, 3.05) is 19.6 Å². The number of aromatic nitrogens is 3. The van der Waals surface area contributed by atoms with Gasteiger partial charge in [-0.2, -0.15) is 5.10 Å². The number of hydrogen-bond acceptors (Lipinski definition) is 4. The highest BCUT2D eigenvalue weighted by Gasteiger charge is 2.29. The summed E-state index contributed by atoms with van der Waals surface area (Å²) in [4.78, 5) is 19.4. The first-order chi connectivity index (χ1) is 13.6. The highest BCUT2D eigenvalue weighted by Crippen LogP contribution is 2.24. The second-order valence-corrected chi connectivity index (χ2v) is 7.17. The first kappa shape index (κ1) is 21.0. The number of halogens is 1. The lowest BCUT2D eigenvalue weighted by molar-refractivity contribution is -0.133. The molecule has 152 valence electrons. The number of piperazine rings is 1. The van der Waals surface area contributed by atoms with Gasteiger partial charge in [-0.05, 0) is 37.6 Å². The number of carbonyl (C=O) groups is 1. The Hall–Kier alpha value is -2.70. The number of aryl methyl sites for hydroxylation is 1. The third-order valence-corrected chi connectivity index (χ3v) is 5.40. The number of nitrogens with one attached hydrogen (secondary N) is 1. The van der Waals surface area contributed by atoms with Crippen LogP contribution in [0.1, 0.15) is 28.6 Å². The molecule has 0 spiro atoms. The van der Waals surface area contributed by atoms with Crippen molar-refractivity contribution >= 4 is 18.3 Å². The summed E-state index contributed by atoms with van der Waals surface area (Å²) in [6.07, 6.45) is 3.97. The number of nitrogens with zero attached hydrogens (tertiary/aromatic N) is 4. The van der Waals surface area contributed by atoms with Crippen molar-refractivity contribution < 1.29 is 4.79 Å². The monoisotopic (exact) mass is 411 g/mol. The number of para-hydroxylation sites is 1. The van der Waals surface area contributed by atoms with Crippen LogP contribution in [0.3, 0.4) is 0 Å². The van der Waals surface area contributed by atoms with Crippen LogP contribution in [0.2, 0.25) is 0 Å². The molecule has 0 bridgehead atoms. The van der Waals surface area contributed by atoms with Crippen molar-refractivity contribution in [3.63, 3.8) is 0 Å². The van der Waals surface area contributed by atoms with Gasteiger partial charge in [0, 0.05) is 43.3 Å². The first-order valence-electron chi connectivity index (χ1n) is 9.66. The van der Waals surface area contributed by atoms with Crippen LogP contribution in [0.25, 0.3) is 5.69 Å². The molecular weight excluding hydrogens is 386 g/mol. The number of carbonyl (C=O) groups excluding carboxylic acids is 1. The van der Waals surface area contributed by atoms with Crippen LogP contribution in [-0.2, 0) is 11.2 Å². The third-order valence-electron chi connectivity index (χ3n) is 5.40. The molecule has 1 atom stereocenters. The number of hydrogen-bond donors (Lipinski definition) is 1. The van der Waals surface area contributed by atoms with Gasteiger partial charge in [-0.1, -0.05) is 24.3 Å². The zero-order chi connectivity index (χ0) is 19.5. The quantitative estimate of drug-likeness (QED) is 0.716. The molecule has 4 rings (SSSR count). The van der Waals surface area contributed by atoms with Crippen LogP contribution < -0.4 is 5.32 Å². The normalized spacial score (nSPS) is 16.3. The largest absolute Gasteiger partial charge is 0.333 e. The van der Waals surface area contributed by atoms with Crippen LogP contribution in [-0.4, -0.2) is 45.2 Å². The molecule has 3 heterocycles. The van der Waals surface area contributed by atoms with Crippen molar-refractivity contribution in [2.24, 2.45) is 0 Å². The first-order valence-corrected chi connectivity index (χ1v) is 9.66. The van der Waals surface area contributed by atoms with Gasteiger partial charge in [0.1, 0.15) is 0 Å². The van der Waals surface area contributed by atoms with Crippen LogP contribution in [0.4, 0.5) is 0 Å². The summed E-state index contributed by atoms with van der Waals surface area (Å²) in [5.41, 5.74) is 5.01. The Morgan fingerprint density at radius 1 is 1.17 bits per heavy atom. The summed E-state index contributed by atoms with van der Waals surface area (Å²) in [5, 5.41) is 8.07. The lowest BCUT2D eigenvalue weighted by atomic mass is 10.0. The lowest BCUT2D eigenvalue weighted by Gasteiger charge is -2.36. The Balaban J connectivity index is 0.00000240. The van der Waals surface area contributed by atoms with Gasteiger partial charge in [0.2, 0.25) is 5.91 Å². The molecule has 1 aliphatic heterocycles. The predicted octanol–water partition coefficient (Wildman–Crippen LogP) is 3.02. The van der Waals surface area contributed by atoms with Gasteiger partial charge in [0.25, 0.3) is 0 Å². The molecule has 1 N–H and O–H groups in total. The molecular formula is C22H26ClN5O. The van der Waals surface area contributed by atoms with Gasteiger partial charge in [-0.25, -0.2) is 4.68 Å². The van der Waals surface area contributed by atoms with Gasteiger partial charge in [-0.3, -0.25) is 9.78 Å². The van der Waals surface area contributed by atoms with Crippen molar-refractivity contribution in [3.05, 3.63) is 77.4 Å². The van der Waals surface area contributed by atoms with Gasteiger partial charge in [0.05, 0.1) is 23.8 Å². The minimum Gasteiger partial charge on any atom is -0.333 e. The Labute approximate surface area is 177 Å². The highest BCUT2D eigenvalue weighted by molar-refractivity contribution is 5.85. The van der Waals surface area contributed by atoms with Gasteiger partial charge >= 0.3 is 0 Å². The molecule has 1 aromatic carbocycles. The molecule has 0 saturated carbocycles. The van der Waals surface area contributed by atoms with E-state index in [0.717, 1.165) is 41.3 Å². The SMILES string of the molecule is Cc1nn(-c2ccccc2)c(C)c1CC(=O)N1CCNCC1c1cccnc1.Cl. The van der Waals surface area contributed by atoms with Crippen molar-refractivity contribution in [2.45, 2.75) is 26.3 Å². The van der Waals surface area contributed by atoms with Crippen molar-refractivity contribution in [1.29, 1.82) is 0 Å². The smallest absolute Gasteiger partial charge is 0.227 e. The van der Waals surface area contributed by atoms with Crippen molar-refractivity contribution in [3.8, 4) is 5.69 Å². The van der Waals surface area contributed by atoms with Crippen LogP contribution in [0, 0.1) is 13.8 Å².